The summed E-state index contributed by atoms with van der Waals surface area (Å²) in [4.78, 5) is 17.3. The van der Waals surface area contributed by atoms with E-state index in [1.807, 2.05) is 6.92 Å². The zero-order valence-electron chi connectivity index (χ0n) is 17.4. The Balaban J connectivity index is 1.94. The molecule has 0 N–H and O–H groups in total. The second-order valence-electron chi connectivity index (χ2n) is 6.99. The third-order valence-corrected chi connectivity index (χ3v) is 7.71. The zero-order valence-corrected chi connectivity index (χ0v) is 19.0. The van der Waals surface area contributed by atoms with E-state index in [-0.39, 0.29) is 10.5 Å². The van der Waals surface area contributed by atoms with Gasteiger partial charge in [0.2, 0.25) is 10.0 Å². The van der Waals surface area contributed by atoms with Gasteiger partial charge in [0.1, 0.15) is 5.82 Å². The predicted molar refractivity (Wildman–Crippen MR) is 121 cm³/mol. The first-order chi connectivity index (χ1) is 14.8. The van der Waals surface area contributed by atoms with Crippen molar-refractivity contribution in [1.82, 2.24) is 8.87 Å². The molecule has 0 radical (unpaired) electrons. The summed E-state index contributed by atoms with van der Waals surface area (Å²) >= 11 is 1.21. The van der Waals surface area contributed by atoms with Gasteiger partial charge in [-0.15, -0.1) is 6.58 Å². The van der Waals surface area contributed by atoms with Crippen LogP contribution in [0.15, 0.2) is 65.0 Å². The van der Waals surface area contributed by atoms with Crippen LogP contribution >= 0.6 is 11.3 Å². The molecule has 0 saturated heterocycles. The zero-order chi connectivity index (χ0) is 22.6. The smallest absolute Gasteiger partial charge is 0.279 e. The molecule has 1 amide bonds. The molecule has 9 heteroatoms. The molecule has 3 aromatic rings. The molecule has 0 aliphatic heterocycles. The van der Waals surface area contributed by atoms with Gasteiger partial charge in [-0.25, -0.2) is 17.1 Å². The van der Waals surface area contributed by atoms with Gasteiger partial charge in [-0.3, -0.25) is 4.79 Å². The van der Waals surface area contributed by atoms with Crippen LogP contribution in [0.1, 0.15) is 30.1 Å². The van der Waals surface area contributed by atoms with Crippen LogP contribution in [-0.4, -0.2) is 36.8 Å². The highest BCUT2D eigenvalue weighted by atomic mass is 32.2. The Morgan fingerprint density at radius 3 is 2.61 bits per heavy atom. The maximum atomic E-state index is 14.3. The summed E-state index contributed by atoms with van der Waals surface area (Å²) in [6, 6.07) is 10.4. The highest BCUT2D eigenvalue weighted by Crippen LogP contribution is 2.21. The first-order valence-corrected chi connectivity index (χ1v) is 12.1. The number of carbonyl (C=O) groups excluding carboxylic acids is 1. The van der Waals surface area contributed by atoms with Gasteiger partial charge in [0.05, 0.1) is 15.1 Å². The Morgan fingerprint density at radius 2 is 1.97 bits per heavy atom. The van der Waals surface area contributed by atoms with Gasteiger partial charge in [0.25, 0.3) is 5.91 Å². The Hall–Kier alpha value is -2.62. The lowest BCUT2D eigenvalue weighted by atomic mass is 10.2. The fourth-order valence-corrected chi connectivity index (χ4v) is 5.33. The Labute approximate surface area is 185 Å². The highest BCUT2D eigenvalue weighted by molar-refractivity contribution is 7.89. The second-order valence-corrected chi connectivity index (χ2v) is 10.0. The lowest BCUT2D eigenvalue weighted by Crippen LogP contribution is -2.27. The van der Waals surface area contributed by atoms with Crippen LogP contribution in [0, 0.1) is 5.82 Å². The number of amides is 1. The molecule has 3 rings (SSSR count). The van der Waals surface area contributed by atoms with E-state index in [9.17, 15) is 17.6 Å². The molecule has 2 aromatic carbocycles. The van der Waals surface area contributed by atoms with Crippen LogP contribution in [-0.2, 0) is 16.6 Å². The van der Waals surface area contributed by atoms with E-state index in [1.54, 1.807) is 29.8 Å². The lowest BCUT2D eigenvalue weighted by molar-refractivity contribution is 0.0997. The summed E-state index contributed by atoms with van der Waals surface area (Å²) in [5, 5.41) is 0. The van der Waals surface area contributed by atoms with Gasteiger partial charge >= 0.3 is 0 Å². The van der Waals surface area contributed by atoms with E-state index >= 15 is 0 Å². The van der Waals surface area contributed by atoms with Crippen LogP contribution in [0.3, 0.4) is 0 Å². The van der Waals surface area contributed by atoms with Crippen molar-refractivity contribution in [3.05, 3.63) is 71.3 Å². The number of thiazole rings is 1. The van der Waals surface area contributed by atoms with E-state index < -0.39 is 21.7 Å². The quantitative estimate of drug-likeness (QED) is 0.472. The Kier molecular flexibility index (Phi) is 7.19. The average molecular weight is 462 g/mol. The summed E-state index contributed by atoms with van der Waals surface area (Å²) in [7, 11) is -2.07. The molecule has 0 atom stereocenters. The molecular weight excluding hydrogens is 437 g/mol. The van der Waals surface area contributed by atoms with Crippen LogP contribution < -0.4 is 4.80 Å². The van der Waals surface area contributed by atoms with Gasteiger partial charge in [-0.1, -0.05) is 36.8 Å². The van der Waals surface area contributed by atoms with Crippen molar-refractivity contribution < 1.29 is 17.6 Å². The molecule has 0 spiro atoms. The minimum atomic E-state index is -3.61. The molecule has 0 saturated carbocycles. The maximum Gasteiger partial charge on any atom is 0.279 e. The van der Waals surface area contributed by atoms with E-state index in [1.165, 1.54) is 46.0 Å². The average Bonchev–Trinajstić information content (AvgIpc) is 3.10. The first kappa shape index (κ1) is 23.1. The van der Waals surface area contributed by atoms with Crippen LogP contribution in [0.4, 0.5) is 4.39 Å². The summed E-state index contributed by atoms with van der Waals surface area (Å²) in [6.07, 6.45) is 3.27. The number of carbonyl (C=O) groups is 1. The molecule has 164 valence electrons. The van der Waals surface area contributed by atoms with Crippen molar-refractivity contribution >= 4 is 37.5 Å². The monoisotopic (exact) mass is 461 g/mol. The number of halogens is 1. The molecule has 0 aliphatic carbocycles. The van der Waals surface area contributed by atoms with Crippen molar-refractivity contribution in [3.8, 4) is 0 Å². The van der Waals surface area contributed by atoms with E-state index in [4.69, 9.17) is 0 Å². The molecule has 0 unspecified atom stereocenters. The Bertz CT molecular complexity index is 1280. The number of rotatable bonds is 8. The Morgan fingerprint density at radius 1 is 1.26 bits per heavy atom. The number of nitrogens with zero attached hydrogens (tertiary/aromatic N) is 3. The molecule has 0 fully saturated rings. The highest BCUT2D eigenvalue weighted by Gasteiger charge is 2.20. The topological polar surface area (TPSA) is 71.7 Å². The standard InChI is InChI=1S/C22H24FN3O3S2/c1-4-6-15-25(3)31(28,29)17-12-10-16(11-13-17)21(27)24-22-26(14-5-2)20-18(23)8-7-9-19(20)30-22/h5,7-13H,2,4,6,14-15H2,1,3H3. The van der Waals surface area contributed by atoms with Gasteiger partial charge < -0.3 is 4.57 Å². The van der Waals surface area contributed by atoms with E-state index in [0.717, 1.165) is 12.8 Å². The lowest BCUT2D eigenvalue weighted by Gasteiger charge is -2.16. The van der Waals surface area contributed by atoms with Crippen LogP contribution in [0.5, 0.6) is 0 Å². The van der Waals surface area contributed by atoms with Crippen molar-refractivity contribution in [1.29, 1.82) is 0 Å². The second kappa shape index (κ2) is 9.67. The third kappa shape index (κ3) is 4.84. The predicted octanol–water partition coefficient (Wildman–Crippen LogP) is 4.19. The molecule has 1 aromatic heterocycles. The van der Waals surface area contributed by atoms with Gasteiger partial charge in [-0.2, -0.15) is 4.99 Å². The number of benzene rings is 2. The summed E-state index contributed by atoms with van der Waals surface area (Å²) in [6.45, 7) is 6.42. The molecule has 6 nitrogen and oxygen atoms in total. The minimum absolute atomic E-state index is 0.119. The van der Waals surface area contributed by atoms with Gasteiger partial charge in [0, 0.05) is 25.7 Å². The van der Waals surface area contributed by atoms with Gasteiger partial charge in [0.15, 0.2) is 4.80 Å². The largest absolute Gasteiger partial charge is 0.310 e. The molecule has 0 bridgehead atoms. The number of fused-ring (bicyclic) bond motifs is 1. The maximum absolute atomic E-state index is 14.3. The van der Waals surface area contributed by atoms with Crippen molar-refractivity contribution in [2.75, 3.05) is 13.6 Å². The van der Waals surface area contributed by atoms with Crippen LogP contribution in [0.2, 0.25) is 0 Å². The third-order valence-electron chi connectivity index (χ3n) is 4.80. The number of unbranched alkanes of at least 4 members (excludes halogenated alkanes) is 1. The summed E-state index contributed by atoms with van der Waals surface area (Å²) in [5.41, 5.74) is 0.619. The summed E-state index contributed by atoms with van der Waals surface area (Å²) < 4.78 is 43.1. The SMILES string of the molecule is C=CCn1c(=NC(=O)c2ccc(S(=O)(=O)N(C)CCCC)cc2)sc2cccc(F)c21. The van der Waals surface area contributed by atoms with E-state index in [0.29, 0.717) is 28.1 Å². The van der Waals surface area contributed by atoms with Crippen LogP contribution in [0.25, 0.3) is 10.2 Å². The minimum Gasteiger partial charge on any atom is -0.310 e. The van der Waals surface area contributed by atoms with Crippen molar-refractivity contribution in [2.45, 2.75) is 31.2 Å². The van der Waals surface area contributed by atoms with Gasteiger partial charge in [-0.05, 0) is 42.8 Å². The van der Waals surface area contributed by atoms with Crippen molar-refractivity contribution in [3.63, 3.8) is 0 Å². The number of allylic oxidation sites excluding steroid dienone is 1. The number of hydrogen-bond acceptors (Lipinski definition) is 4. The van der Waals surface area contributed by atoms with Crippen molar-refractivity contribution in [2.24, 2.45) is 4.99 Å². The fourth-order valence-electron chi connectivity index (χ4n) is 3.07. The normalized spacial score (nSPS) is 12.6. The number of hydrogen-bond donors (Lipinski definition) is 0. The first-order valence-electron chi connectivity index (χ1n) is 9.83. The summed E-state index contributed by atoms with van der Waals surface area (Å²) in [5.74, 6) is -0.931. The molecular formula is C22H24FN3O3S2. The molecule has 0 aliphatic rings. The number of aromatic nitrogens is 1. The number of sulfonamides is 1. The number of para-hydroxylation sites is 1. The molecule has 1 heterocycles. The molecule has 31 heavy (non-hydrogen) atoms. The van der Waals surface area contributed by atoms with E-state index in [2.05, 4.69) is 11.6 Å². The fraction of sp³-hybridized carbons (Fsp3) is 0.273.